The predicted octanol–water partition coefficient (Wildman–Crippen LogP) is 7.04. The summed E-state index contributed by atoms with van der Waals surface area (Å²) in [6.07, 6.45) is 0. The van der Waals surface area contributed by atoms with Crippen LogP contribution in [0.2, 0.25) is 10.0 Å². The van der Waals surface area contributed by atoms with Crippen LogP contribution in [0.4, 0.5) is 5.69 Å². The molecule has 1 heterocycles. The van der Waals surface area contributed by atoms with E-state index in [-0.39, 0.29) is 5.91 Å². The van der Waals surface area contributed by atoms with Crippen LogP contribution in [-0.2, 0) is 6.61 Å². The van der Waals surface area contributed by atoms with Crippen molar-refractivity contribution in [3.63, 3.8) is 0 Å². The highest BCUT2D eigenvalue weighted by atomic mass is 35.5. The molecule has 0 aliphatic rings. The second-order valence-electron chi connectivity index (χ2n) is 6.11. The van der Waals surface area contributed by atoms with Gasteiger partial charge in [0.05, 0.1) is 10.7 Å². The fraction of sp³-hybridized carbons (Fsp3) is 0.0455. The number of benzene rings is 3. The first-order valence-corrected chi connectivity index (χ1v) is 10.1. The van der Waals surface area contributed by atoms with Crippen LogP contribution < -0.4 is 10.1 Å². The summed E-state index contributed by atoms with van der Waals surface area (Å²) < 4.78 is 6.86. The summed E-state index contributed by atoms with van der Waals surface area (Å²) in [5, 5.41) is 4.71. The standard InChI is InChI=1S/C22H15Cl2NO2S/c23-15-10-11-18(27-13-14-6-2-1-3-7-14)17(12-15)25-22(26)21-20(24)16-8-4-5-9-19(16)28-21/h1-12H,13H2,(H,25,26). The lowest BCUT2D eigenvalue weighted by molar-refractivity contribution is 0.103. The molecule has 28 heavy (non-hydrogen) atoms. The van der Waals surface area contributed by atoms with Crippen molar-refractivity contribution in [2.45, 2.75) is 6.61 Å². The fourth-order valence-corrected chi connectivity index (χ4v) is 4.38. The van der Waals surface area contributed by atoms with Crippen LogP contribution in [0.5, 0.6) is 5.75 Å². The summed E-state index contributed by atoms with van der Waals surface area (Å²) in [4.78, 5) is 13.3. The quantitative estimate of drug-likeness (QED) is 0.370. The number of thiophene rings is 1. The minimum absolute atomic E-state index is 0.293. The topological polar surface area (TPSA) is 38.3 Å². The Morgan fingerprint density at radius 3 is 2.50 bits per heavy atom. The zero-order valence-corrected chi connectivity index (χ0v) is 16.9. The van der Waals surface area contributed by atoms with Gasteiger partial charge in [-0.05, 0) is 29.8 Å². The number of ether oxygens (including phenoxy) is 1. The maximum atomic E-state index is 12.9. The minimum Gasteiger partial charge on any atom is -0.487 e. The Kier molecular flexibility index (Phi) is 5.53. The molecular formula is C22H15Cl2NO2S. The van der Waals surface area contributed by atoms with E-state index in [1.54, 1.807) is 18.2 Å². The summed E-state index contributed by atoms with van der Waals surface area (Å²) >= 11 is 13.9. The largest absolute Gasteiger partial charge is 0.487 e. The number of anilines is 1. The van der Waals surface area contributed by atoms with Crippen molar-refractivity contribution in [1.29, 1.82) is 0 Å². The van der Waals surface area contributed by atoms with Crippen LogP contribution >= 0.6 is 34.5 Å². The van der Waals surface area contributed by atoms with E-state index in [9.17, 15) is 4.79 Å². The summed E-state index contributed by atoms with van der Waals surface area (Å²) in [5.41, 5.74) is 1.53. The van der Waals surface area contributed by atoms with Crippen molar-refractivity contribution in [2.75, 3.05) is 5.32 Å². The van der Waals surface area contributed by atoms with Gasteiger partial charge in [0, 0.05) is 15.1 Å². The predicted molar refractivity (Wildman–Crippen MR) is 117 cm³/mol. The molecule has 0 saturated heterocycles. The van der Waals surface area contributed by atoms with Crippen molar-refractivity contribution in [3.05, 3.63) is 93.3 Å². The first-order valence-electron chi connectivity index (χ1n) is 8.56. The average Bonchev–Trinajstić information content (AvgIpc) is 3.05. The molecule has 0 aliphatic heterocycles. The summed E-state index contributed by atoms with van der Waals surface area (Å²) in [5.74, 6) is 0.247. The average molecular weight is 428 g/mol. The highest BCUT2D eigenvalue weighted by Gasteiger charge is 2.18. The summed E-state index contributed by atoms with van der Waals surface area (Å²) in [6.45, 7) is 0.384. The number of halogens is 2. The number of hydrogen-bond acceptors (Lipinski definition) is 3. The molecule has 1 amide bonds. The van der Waals surface area contributed by atoms with Gasteiger partial charge in [0.1, 0.15) is 17.2 Å². The molecule has 0 fully saturated rings. The van der Waals surface area contributed by atoms with Crippen LogP contribution in [0, 0.1) is 0 Å². The van der Waals surface area contributed by atoms with Crippen LogP contribution in [0.15, 0.2) is 72.8 Å². The molecule has 0 saturated carbocycles. The normalized spacial score (nSPS) is 10.8. The number of carbonyl (C=O) groups is 1. The van der Waals surface area contributed by atoms with Crippen molar-refractivity contribution in [3.8, 4) is 5.75 Å². The molecule has 0 spiro atoms. The lowest BCUT2D eigenvalue weighted by Crippen LogP contribution is -2.12. The Morgan fingerprint density at radius 2 is 1.71 bits per heavy atom. The van der Waals surface area contributed by atoms with Crippen molar-refractivity contribution < 1.29 is 9.53 Å². The molecule has 3 nitrogen and oxygen atoms in total. The van der Waals surface area contributed by atoms with E-state index in [2.05, 4.69) is 5.32 Å². The zero-order valence-electron chi connectivity index (χ0n) is 14.6. The third kappa shape index (κ3) is 3.99. The number of fused-ring (bicyclic) bond motifs is 1. The molecule has 0 bridgehead atoms. The van der Waals surface area contributed by atoms with Gasteiger partial charge in [-0.1, -0.05) is 71.7 Å². The molecule has 3 aromatic carbocycles. The zero-order chi connectivity index (χ0) is 19.5. The smallest absolute Gasteiger partial charge is 0.267 e. The number of hydrogen-bond donors (Lipinski definition) is 1. The molecule has 0 aliphatic carbocycles. The summed E-state index contributed by atoms with van der Waals surface area (Å²) in [6, 6.07) is 22.6. The maximum absolute atomic E-state index is 12.9. The molecular weight excluding hydrogens is 413 g/mol. The van der Waals surface area contributed by atoms with Gasteiger partial charge in [-0.15, -0.1) is 11.3 Å². The van der Waals surface area contributed by atoms with Gasteiger partial charge >= 0.3 is 0 Å². The van der Waals surface area contributed by atoms with E-state index in [4.69, 9.17) is 27.9 Å². The van der Waals surface area contributed by atoms with Crippen LogP contribution in [0.25, 0.3) is 10.1 Å². The van der Waals surface area contributed by atoms with Crippen molar-refractivity contribution >= 4 is 56.2 Å². The number of nitrogens with one attached hydrogen (secondary N) is 1. The molecule has 6 heteroatoms. The second kappa shape index (κ2) is 8.23. The maximum Gasteiger partial charge on any atom is 0.267 e. The van der Waals surface area contributed by atoms with E-state index in [0.717, 1.165) is 15.6 Å². The Bertz CT molecular complexity index is 1140. The van der Waals surface area contributed by atoms with Crippen molar-refractivity contribution in [2.24, 2.45) is 0 Å². The third-order valence-corrected chi connectivity index (χ3v) is 6.08. The number of amides is 1. The Balaban J connectivity index is 1.58. The van der Waals surface area contributed by atoms with Crippen LogP contribution in [0.3, 0.4) is 0 Å². The highest BCUT2D eigenvalue weighted by Crippen LogP contribution is 2.36. The SMILES string of the molecule is O=C(Nc1cc(Cl)ccc1OCc1ccccc1)c1sc2ccccc2c1Cl. The third-order valence-electron chi connectivity index (χ3n) is 4.17. The highest BCUT2D eigenvalue weighted by molar-refractivity contribution is 7.21. The molecule has 0 radical (unpaired) electrons. The number of carbonyl (C=O) groups excluding carboxylic acids is 1. The Labute approximate surface area is 176 Å². The van der Waals surface area contributed by atoms with Gasteiger partial charge in [0.2, 0.25) is 0 Å². The van der Waals surface area contributed by atoms with Gasteiger partial charge in [-0.3, -0.25) is 4.79 Å². The Hall–Kier alpha value is -2.53. The van der Waals surface area contributed by atoms with Crippen LogP contribution in [-0.4, -0.2) is 5.91 Å². The second-order valence-corrected chi connectivity index (χ2v) is 7.98. The monoisotopic (exact) mass is 427 g/mol. The van der Waals surface area contributed by atoms with E-state index in [1.807, 2.05) is 54.6 Å². The molecule has 1 aromatic heterocycles. The van der Waals surface area contributed by atoms with E-state index < -0.39 is 0 Å². The van der Waals surface area contributed by atoms with Gasteiger partial charge in [0.25, 0.3) is 5.91 Å². The molecule has 1 N–H and O–H groups in total. The first kappa shape index (κ1) is 18.8. The van der Waals surface area contributed by atoms with Gasteiger partial charge in [-0.2, -0.15) is 0 Å². The molecule has 0 unspecified atom stereocenters. The first-order chi connectivity index (χ1) is 13.6. The van der Waals surface area contributed by atoms with Gasteiger partial charge < -0.3 is 10.1 Å². The van der Waals surface area contributed by atoms with Crippen LogP contribution in [0.1, 0.15) is 15.2 Å². The van der Waals surface area contributed by atoms with Gasteiger partial charge in [0.15, 0.2) is 0 Å². The van der Waals surface area contributed by atoms with Gasteiger partial charge in [-0.25, -0.2) is 0 Å². The Morgan fingerprint density at radius 1 is 0.964 bits per heavy atom. The lowest BCUT2D eigenvalue weighted by atomic mass is 10.2. The van der Waals surface area contributed by atoms with Crippen molar-refractivity contribution in [1.82, 2.24) is 0 Å². The number of rotatable bonds is 5. The fourth-order valence-electron chi connectivity index (χ4n) is 2.80. The van der Waals surface area contributed by atoms with E-state index >= 15 is 0 Å². The minimum atomic E-state index is -0.293. The lowest BCUT2D eigenvalue weighted by Gasteiger charge is -2.13. The molecule has 140 valence electrons. The molecule has 4 rings (SSSR count). The van der Waals surface area contributed by atoms with E-state index in [0.29, 0.717) is 33.0 Å². The summed E-state index contributed by atoms with van der Waals surface area (Å²) in [7, 11) is 0. The van der Waals surface area contributed by atoms with E-state index in [1.165, 1.54) is 11.3 Å². The molecule has 0 atom stereocenters. The molecule has 4 aromatic rings.